The van der Waals surface area contributed by atoms with Crippen molar-refractivity contribution in [1.29, 1.82) is 0 Å². The molecule has 1 fully saturated rings. The second kappa shape index (κ2) is 5.19. The monoisotopic (exact) mass is 240 g/mol. The molecule has 1 aliphatic heterocycles. The molecule has 0 radical (unpaired) electrons. The van der Waals surface area contributed by atoms with Crippen LogP contribution in [0.3, 0.4) is 0 Å². The van der Waals surface area contributed by atoms with Crippen molar-refractivity contribution < 1.29 is 24.2 Å². The molecule has 0 aromatic heterocycles. The summed E-state index contributed by atoms with van der Waals surface area (Å²) in [6, 6.07) is 0. The van der Waals surface area contributed by atoms with Crippen molar-refractivity contribution in [3.63, 3.8) is 0 Å². The van der Waals surface area contributed by atoms with Gasteiger partial charge in [0.25, 0.3) is 0 Å². The molecular weight excluding hydrogens is 224 g/mol. The number of carbonyl (C=O) groups excluding carboxylic acids is 2. The Hall–Kier alpha value is -1.54. The van der Waals surface area contributed by atoms with Crippen LogP contribution in [0.15, 0.2) is 0 Å². The summed E-state index contributed by atoms with van der Waals surface area (Å²) in [5.74, 6) is 0.913. The van der Waals surface area contributed by atoms with Gasteiger partial charge >= 0.3 is 11.9 Å². The number of cyclic esters (lactones) is 1. The van der Waals surface area contributed by atoms with E-state index in [0.717, 1.165) is 0 Å². The van der Waals surface area contributed by atoms with Crippen molar-refractivity contribution in [3.05, 3.63) is 0 Å². The molecule has 0 aliphatic carbocycles. The molecular formula is C12H16O5. The molecule has 5 nitrogen and oxygen atoms in total. The molecule has 1 N–H and O–H groups in total. The lowest BCUT2D eigenvalue weighted by Gasteiger charge is -2.19. The maximum absolute atomic E-state index is 11.8. The Balaban J connectivity index is 2.97. The number of terminal acetylenes is 1. The van der Waals surface area contributed by atoms with E-state index in [2.05, 4.69) is 5.92 Å². The number of aliphatic hydroxyl groups excluding tert-OH is 1. The van der Waals surface area contributed by atoms with Crippen molar-refractivity contribution in [1.82, 2.24) is 0 Å². The van der Waals surface area contributed by atoms with Crippen molar-refractivity contribution >= 4 is 11.9 Å². The van der Waals surface area contributed by atoms with Crippen molar-refractivity contribution in [3.8, 4) is 12.3 Å². The third-order valence-corrected chi connectivity index (χ3v) is 2.81. The van der Waals surface area contributed by atoms with Crippen LogP contribution in [-0.4, -0.2) is 35.9 Å². The Labute approximate surface area is 100 Å². The van der Waals surface area contributed by atoms with Crippen LogP contribution in [0, 0.1) is 17.8 Å². The number of rotatable bonds is 4. The van der Waals surface area contributed by atoms with Crippen LogP contribution in [0.4, 0.5) is 0 Å². The minimum absolute atomic E-state index is 0.0620. The standard InChI is InChI=1S/C12H16O5/c1-4-6-12(10(14)16-5-2)7-9(8(3)13)17-11(12)15/h1,8-9,13H,5-7H2,2-3H3. The fraction of sp³-hybridized carbons (Fsp3) is 0.667. The maximum Gasteiger partial charge on any atom is 0.325 e. The molecule has 0 spiro atoms. The molecule has 1 saturated heterocycles. The Bertz CT molecular complexity index is 354. The average molecular weight is 240 g/mol. The molecule has 17 heavy (non-hydrogen) atoms. The van der Waals surface area contributed by atoms with Gasteiger partial charge in [0.1, 0.15) is 6.10 Å². The third kappa shape index (κ3) is 2.42. The molecule has 0 aromatic rings. The van der Waals surface area contributed by atoms with Crippen LogP contribution < -0.4 is 0 Å². The Morgan fingerprint density at radius 2 is 2.47 bits per heavy atom. The molecule has 3 atom stereocenters. The van der Waals surface area contributed by atoms with E-state index in [1.807, 2.05) is 0 Å². The number of carbonyl (C=O) groups is 2. The van der Waals surface area contributed by atoms with Gasteiger partial charge in [0.2, 0.25) is 0 Å². The summed E-state index contributed by atoms with van der Waals surface area (Å²) in [7, 11) is 0. The summed E-state index contributed by atoms with van der Waals surface area (Å²) in [4.78, 5) is 23.6. The first kappa shape index (κ1) is 13.5. The fourth-order valence-corrected chi connectivity index (χ4v) is 1.81. The van der Waals surface area contributed by atoms with E-state index >= 15 is 0 Å². The highest BCUT2D eigenvalue weighted by Crippen LogP contribution is 2.39. The molecule has 94 valence electrons. The van der Waals surface area contributed by atoms with E-state index in [0.29, 0.717) is 0 Å². The van der Waals surface area contributed by atoms with Gasteiger partial charge in [-0.2, -0.15) is 0 Å². The molecule has 0 amide bonds. The predicted octanol–water partition coefficient (Wildman–Crippen LogP) is 0.255. The number of hydrogen-bond acceptors (Lipinski definition) is 5. The van der Waals surface area contributed by atoms with Gasteiger partial charge in [-0.25, -0.2) is 0 Å². The summed E-state index contributed by atoms with van der Waals surface area (Å²) < 4.78 is 9.84. The Morgan fingerprint density at radius 1 is 1.82 bits per heavy atom. The van der Waals surface area contributed by atoms with E-state index in [-0.39, 0.29) is 19.4 Å². The lowest BCUT2D eigenvalue weighted by Crippen LogP contribution is -2.37. The quantitative estimate of drug-likeness (QED) is 0.433. The molecule has 0 bridgehead atoms. The van der Waals surface area contributed by atoms with E-state index in [4.69, 9.17) is 15.9 Å². The second-order valence-corrected chi connectivity index (χ2v) is 4.07. The molecule has 1 aliphatic rings. The molecule has 5 heteroatoms. The van der Waals surface area contributed by atoms with Gasteiger partial charge in [-0.1, -0.05) is 0 Å². The number of hydrogen-bond donors (Lipinski definition) is 1. The highest BCUT2D eigenvalue weighted by atomic mass is 16.6. The summed E-state index contributed by atoms with van der Waals surface area (Å²) in [6.45, 7) is 3.31. The van der Waals surface area contributed by atoms with Gasteiger partial charge in [0, 0.05) is 12.8 Å². The smallest absolute Gasteiger partial charge is 0.325 e. The second-order valence-electron chi connectivity index (χ2n) is 4.07. The maximum atomic E-state index is 11.8. The van der Waals surface area contributed by atoms with Gasteiger partial charge in [-0.3, -0.25) is 9.59 Å². The molecule has 1 rings (SSSR count). The van der Waals surface area contributed by atoms with E-state index < -0.39 is 29.6 Å². The summed E-state index contributed by atoms with van der Waals surface area (Å²) in [5, 5.41) is 9.40. The lowest BCUT2D eigenvalue weighted by molar-refractivity contribution is -0.165. The summed E-state index contributed by atoms with van der Waals surface area (Å²) in [5.41, 5.74) is -1.45. The minimum Gasteiger partial charge on any atom is -0.465 e. The van der Waals surface area contributed by atoms with Crippen LogP contribution in [0.25, 0.3) is 0 Å². The first-order valence-electron chi connectivity index (χ1n) is 5.47. The topological polar surface area (TPSA) is 72.8 Å². The van der Waals surface area contributed by atoms with Gasteiger partial charge in [0.05, 0.1) is 12.7 Å². The van der Waals surface area contributed by atoms with E-state index in [1.54, 1.807) is 6.92 Å². The SMILES string of the molecule is C#CCC1(C(=O)OCC)CC(C(C)O)OC1=O. The number of esters is 2. The normalized spacial score (nSPS) is 29.3. The fourth-order valence-electron chi connectivity index (χ4n) is 1.81. The first-order chi connectivity index (χ1) is 7.97. The molecule has 0 aromatic carbocycles. The van der Waals surface area contributed by atoms with Gasteiger partial charge in [-0.15, -0.1) is 12.3 Å². The highest BCUT2D eigenvalue weighted by molar-refractivity contribution is 6.01. The zero-order chi connectivity index (χ0) is 13.1. The molecule has 0 saturated carbocycles. The van der Waals surface area contributed by atoms with Crippen LogP contribution in [-0.2, 0) is 19.1 Å². The molecule has 3 unspecified atom stereocenters. The van der Waals surface area contributed by atoms with E-state index in [1.165, 1.54) is 6.92 Å². The largest absolute Gasteiger partial charge is 0.465 e. The van der Waals surface area contributed by atoms with Crippen molar-refractivity contribution in [2.45, 2.75) is 38.9 Å². The van der Waals surface area contributed by atoms with Gasteiger partial charge in [0.15, 0.2) is 5.41 Å². The van der Waals surface area contributed by atoms with Crippen LogP contribution in [0.5, 0.6) is 0 Å². The van der Waals surface area contributed by atoms with Gasteiger partial charge in [-0.05, 0) is 13.8 Å². The number of aliphatic hydroxyl groups is 1. The van der Waals surface area contributed by atoms with Crippen molar-refractivity contribution in [2.24, 2.45) is 5.41 Å². The Morgan fingerprint density at radius 3 is 2.88 bits per heavy atom. The number of ether oxygens (including phenoxy) is 2. The Kier molecular flexibility index (Phi) is 4.13. The molecule has 1 heterocycles. The lowest BCUT2D eigenvalue weighted by atomic mass is 9.81. The van der Waals surface area contributed by atoms with Crippen LogP contribution in [0.2, 0.25) is 0 Å². The third-order valence-electron chi connectivity index (χ3n) is 2.81. The van der Waals surface area contributed by atoms with Crippen LogP contribution in [0.1, 0.15) is 26.7 Å². The average Bonchev–Trinajstić information content (AvgIpc) is 2.59. The van der Waals surface area contributed by atoms with E-state index in [9.17, 15) is 14.7 Å². The minimum atomic E-state index is -1.45. The predicted molar refractivity (Wildman–Crippen MR) is 58.7 cm³/mol. The zero-order valence-electron chi connectivity index (χ0n) is 9.93. The van der Waals surface area contributed by atoms with Crippen LogP contribution >= 0.6 is 0 Å². The zero-order valence-corrected chi connectivity index (χ0v) is 9.93. The van der Waals surface area contributed by atoms with Gasteiger partial charge < -0.3 is 14.6 Å². The summed E-state index contributed by atoms with van der Waals surface area (Å²) >= 11 is 0. The first-order valence-corrected chi connectivity index (χ1v) is 5.47. The highest BCUT2D eigenvalue weighted by Gasteiger charge is 2.56. The summed E-state index contributed by atoms with van der Waals surface area (Å²) in [6.07, 6.45) is 3.62. The van der Waals surface area contributed by atoms with Crippen molar-refractivity contribution in [2.75, 3.05) is 6.61 Å².